The molecule has 1 atom stereocenters. The van der Waals surface area contributed by atoms with E-state index in [0.717, 1.165) is 18.2 Å². The minimum absolute atomic E-state index is 0.433. The second-order valence-corrected chi connectivity index (χ2v) is 5.57. The van der Waals surface area contributed by atoms with Crippen molar-refractivity contribution in [3.05, 3.63) is 24.2 Å². The molecule has 3 heteroatoms. The van der Waals surface area contributed by atoms with Gasteiger partial charge in [0, 0.05) is 17.4 Å². The number of hydrogen-bond acceptors (Lipinski definition) is 3. The zero-order chi connectivity index (χ0) is 11.8. The summed E-state index contributed by atoms with van der Waals surface area (Å²) < 4.78 is 5.15. The number of rotatable bonds is 8. The van der Waals surface area contributed by atoms with E-state index in [4.69, 9.17) is 4.42 Å². The Morgan fingerprint density at radius 1 is 1.38 bits per heavy atom. The first-order chi connectivity index (χ1) is 7.74. The van der Waals surface area contributed by atoms with Crippen molar-refractivity contribution in [2.75, 3.05) is 18.1 Å². The average Bonchev–Trinajstić information content (AvgIpc) is 2.75. The Morgan fingerprint density at radius 3 is 2.75 bits per heavy atom. The summed E-state index contributed by atoms with van der Waals surface area (Å²) in [7, 11) is 0. The summed E-state index contributed by atoms with van der Waals surface area (Å²) in [5.41, 5.74) is 1.27. The van der Waals surface area contributed by atoms with Gasteiger partial charge in [-0.3, -0.25) is 0 Å². The molecule has 0 radical (unpaired) electrons. The van der Waals surface area contributed by atoms with Crippen molar-refractivity contribution in [1.29, 1.82) is 0 Å². The van der Waals surface area contributed by atoms with Gasteiger partial charge in [-0.05, 0) is 30.7 Å². The summed E-state index contributed by atoms with van der Waals surface area (Å²) in [6, 6.07) is 2.49. The topological polar surface area (TPSA) is 25.2 Å². The van der Waals surface area contributed by atoms with E-state index in [1.807, 2.05) is 18.0 Å². The van der Waals surface area contributed by atoms with Crippen molar-refractivity contribution < 1.29 is 4.42 Å². The van der Waals surface area contributed by atoms with Crippen molar-refractivity contribution in [3.8, 4) is 0 Å². The van der Waals surface area contributed by atoms with Crippen molar-refractivity contribution in [2.24, 2.45) is 5.92 Å². The van der Waals surface area contributed by atoms with Crippen LogP contribution in [0.3, 0.4) is 0 Å². The average molecular weight is 241 g/mol. The third-order valence-corrected chi connectivity index (χ3v) is 3.79. The molecule has 1 unspecified atom stereocenters. The molecule has 0 spiro atoms. The fourth-order valence-electron chi connectivity index (χ4n) is 1.49. The Balaban J connectivity index is 2.38. The second-order valence-electron chi connectivity index (χ2n) is 4.49. The zero-order valence-electron chi connectivity index (χ0n) is 10.5. The largest absolute Gasteiger partial charge is 0.472 e. The minimum Gasteiger partial charge on any atom is -0.472 e. The lowest BCUT2D eigenvalue weighted by Gasteiger charge is -2.17. The molecule has 92 valence electrons. The molecule has 0 amide bonds. The maximum absolute atomic E-state index is 5.15. The Hall–Kier alpha value is -0.410. The van der Waals surface area contributed by atoms with Gasteiger partial charge in [-0.15, -0.1) is 0 Å². The zero-order valence-corrected chi connectivity index (χ0v) is 11.3. The molecular weight excluding hydrogens is 218 g/mol. The van der Waals surface area contributed by atoms with Gasteiger partial charge in [-0.1, -0.05) is 20.8 Å². The first-order valence-corrected chi connectivity index (χ1v) is 7.22. The summed E-state index contributed by atoms with van der Waals surface area (Å²) >= 11 is 2.01. The van der Waals surface area contributed by atoms with Crippen LogP contribution >= 0.6 is 11.8 Å². The molecule has 0 saturated carbocycles. The number of hydrogen-bond donors (Lipinski definition) is 1. The summed E-state index contributed by atoms with van der Waals surface area (Å²) in [4.78, 5) is 0. The quantitative estimate of drug-likeness (QED) is 0.751. The maximum Gasteiger partial charge on any atom is 0.0950 e. The Labute approximate surface area is 103 Å². The van der Waals surface area contributed by atoms with Gasteiger partial charge in [0.1, 0.15) is 0 Å². The third kappa shape index (κ3) is 5.08. The van der Waals surface area contributed by atoms with E-state index in [1.165, 1.54) is 17.7 Å². The monoisotopic (exact) mass is 241 g/mol. The smallest absolute Gasteiger partial charge is 0.0950 e. The molecule has 0 bridgehead atoms. The lowest BCUT2D eigenvalue weighted by molar-refractivity contribution is 0.540. The van der Waals surface area contributed by atoms with Crippen LogP contribution in [-0.2, 0) is 0 Å². The molecular formula is C13H23NOS. The second kappa shape index (κ2) is 7.80. The van der Waals surface area contributed by atoms with Crippen LogP contribution in [0, 0.1) is 5.92 Å². The molecule has 0 saturated heterocycles. The van der Waals surface area contributed by atoms with E-state index in [-0.39, 0.29) is 0 Å². The Bertz CT molecular complexity index is 259. The molecule has 0 aromatic carbocycles. The summed E-state index contributed by atoms with van der Waals surface area (Å²) in [5.74, 6) is 3.11. The van der Waals surface area contributed by atoms with E-state index in [9.17, 15) is 0 Å². The molecule has 0 aliphatic rings. The van der Waals surface area contributed by atoms with Gasteiger partial charge in [0.15, 0.2) is 0 Å². The fraction of sp³-hybridized carbons (Fsp3) is 0.692. The molecule has 1 rings (SSSR count). The lowest BCUT2D eigenvalue weighted by Crippen LogP contribution is -2.24. The Morgan fingerprint density at radius 2 is 2.19 bits per heavy atom. The molecule has 0 aliphatic heterocycles. The molecule has 1 aromatic rings. The van der Waals surface area contributed by atoms with Gasteiger partial charge >= 0.3 is 0 Å². The lowest BCUT2D eigenvalue weighted by atomic mass is 10.2. The van der Waals surface area contributed by atoms with Crippen LogP contribution in [0.1, 0.15) is 38.8 Å². The molecule has 0 aliphatic carbocycles. The van der Waals surface area contributed by atoms with E-state index in [2.05, 4.69) is 32.2 Å². The van der Waals surface area contributed by atoms with Crippen LogP contribution in [0.5, 0.6) is 0 Å². The van der Waals surface area contributed by atoms with Crippen LogP contribution in [0.4, 0.5) is 0 Å². The van der Waals surface area contributed by atoms with Gasteiger partial charge in [0.05, 0.1) is 12.5 Å². The minimum atomic E-state index is 0.433. The van der Waals surface area contributed by atoms with Gasteiger partial charge in [-0.25, -0.2) is 0 Å². The summed E-state index contributed by atoms with van der Waals surface area (Å²) in [5, 5.41) is 3.56. The van der Waals surface area contributed by atoms with E-state index in [0.29, 0.717) is 6.04 Å². The molecule has 0 fully saturated rings. The highest BCUT2D eigenvalue weighted by molar-refractivity contribution is 7.99. The van der Waals surface area contributed by atoms with Crippen LogP contribution in [0.15, 0.2) is 23.0 Å². The first kappa shape index (κ1) is 13.7. The first-order valence-electron chi connectivity index (χ1n) is 6.07. The highest BCUT2D eigenvalue weighted by atomic mass is 32.2. The molecule has 1 heterocycles. The molecule has 1 N–H and O–H groups in total. The molecule has 2 nitrogen and oxygen atoms in total. The van der Waals surface area contributed by atoms with E-state index >= 15 is 0 Å². The molecule has 1 aromatic heterocycles. The van der Waals surface area contributed by atoms with Gasteiger partial charge < -0.3 is 9.73 Å². The van der Waals surface area contributed by atoms with E-state index in [1.54, 1.807) is 6.26 Å². The van der Waals surface area contributed by atoms with Crippen molar-refractivity contribution in [3.63, 3.8) is 0 Å². The highest BCUT2D eigenvalue weighted by Gasteiger charge is 2.11. The number of furan rings is 1. The number of nitrogens with one attached hydrogen (secondary N) is 1. The third-order valence-electron chi connectivity index (χ3n) is 2.32. The van der Waals surface area contributed by atoms with Gasteiger partial charge in [0.25, 0.3) is 0 Å². The van der Waals surface area contributed by atoms with Gasteiger partial charge in [-0.2, -0.15) is 11.8 Å². The predicted octanol–water partition coefficient (Wildman–Crippen LogP) is 3.71. The Kier molecular flexibility index (Phi) is 6.65. The predicted molar refractivity (Wildman–Crippen MR) is 71.9 cm³/mol. The van der Waals surface area contributed by atoms with Crippen molar-refractivity contribution in [1.82, 2.24) is 5.32 Å². The van der Waals surface area contributed by atoms with Gasteiger partial charge in [0.2, 0.25) is 0 Å². The summed E-state index contributed by atoms with van der Waals surface area (Å²) in [6.45, 7) is 7.79. The van der Waals surface area contributed by atoms with Crippen molar-refractivity contribution >= 4 is 11.8 Å². The fourth-order valence-corrected chi connectivity index (χ4v) is 2.64. The molecule has 16 heavy (non-hydrogen) atoms. The standard InChI is InChI=1S/C13H23NOS/c1-4-6-14-13(10-16-9-11(2)3)12-5-7-15-8-12/h5,7-8,11,13-14H,4,6,9-10H2,1-3H3. The van der Waals surface area contributed by atoms with Crippen LogP contribution in [0.25, 0.3) is 0 Å². The van der Waals surface area contributed by atoms with Crippen LogP contribution < -0.4 is 5.32 Å². The van der Waals surface area contributed by atoms with Crippen LogP contribution in [-0.4, -0.2) is 18.1 Å². The normalized spacial score (nSPS) is 13.2. The number of thioether (sulfide) groups is 1. The highest BCUT2D eigenvalue weighted by Crippen LogP contribution is 2.20. The van der Waals surface area contributed by atoms with Crippen molar-refractivity contribution in [2.45, 2.75) is 33.2 Å². The van der Waals surface area contributed by atoms with E-state index < -0.39 is 0 Å². The summed E-state index contributed by atoms with van der Waals surface area (Å²) in [6.07, 6.45) is 4.77. The van der Waals surface area contributed by atoms with Crippen LogP contribution in [0.2, 0.25) is 0 Å². The maximum atomic E-state index is 5.15. The SMILES string of the molecule is CCCNC(CSCC(C)C)c1ccoc1.